The zero-order chi connectivity index (χ0) is 17.9. The highest BCUT2D eigenvalue weighted by molar-refractivity contribution is 6.30. The van der Waals surface area contributed by atoms with E-state index in [0.29, 0.717) is 5.02 Å². The quantitative estimate of drug-likeness (QED) is 0.874. The lowest BCUT2D eigenvalue weighted by molar-refractivity contribution is -0.141. The molecule has 134 valence electrons. The molecule has 1 fully saturated rings. The van der Waals surface area contributed by atoms with Gasteiger partial charge < -0.3 is 5.32 Å². The summed E-state index contributed by atoms with van der Waals surface area (Å²) in [4.78, 5) is 9.47. The average molecular weight is 371 g/mol. The van der Waals surface area contributed by atoms with E-state index in [1.165, 1.54) is 0 Å². The molecule has 4 nitrogen and oxygen atoms in total. The fraction of sp³-hybridized carbons (Fsp3) is 0.412. The van der Waals surface area contributed by atoms with Crippen molar-refractivity contribution in [1.82, 2.24) is 14.9 Å². The molecule has 0 amide bonds. The van der Waals surface area contributed by atoms with Gasteiger partial charge in [-0.2, -0.15) is 13.2 Å². The van der Waals surface area contributed by atoms with E-state index in [2.05, 4.69) is 20.2 Å². The lowest BCUT2D eigenvalue weighted by Gasteiger charge is -2.33. The summed E-state index contributed by atoms with van der Waals surface area (Å²) in [5.74, 6) is 0.209. The molecular weight excluding hydrogens is 353 g/mol. The first kappa shape index (κ1) is 17.9. The van der Waals surface area contributed by atoms with Gasteiger partial charge in [0.1, 0.15) is 17.8 Å². The second kappa shape index (κ2) is 7.58. The predicted octanol–water partition coefficient (Wildman–Crippen LogP) is 4.23. The monoisotopic (exact) mass is 370 g/mol. The Morgan fingerprint density at radius 2 is 1.96 bits per heavy atom. The Morgan fingerprint density at radius 1 is 1.20 bits per heavy atom. The standard InChI is InChI=1S/C17H18ClF3N4/c18-13-5-3-12(4-6-13)9-25-7-1-2-14(10-25)24-16-8-15(17(19,20)21)22-11-23-16/h3-6,8,11,14H,1-2,7,9-10H2,(H,22,23,24). The third kappa shape index (κ3) is 5.06. The molecule has 0 bridgehead atoms. The van der Waals surface area contributed by atoms with Crippen molar-refractivity contribution in [3.8, 4) is 0 Å². The van der Waals surface area contributed by atoms with E-state index >= 15 is 0 Å². The first-order valence-electron chi connectivity index (χ1n) is 8.03. The summed E-state index contributed by atoms with van der Waals surface area (Å²) in [7, 11) is 0. The second-order valence-electron chi connectivity index (χ2n) is 6.13. The van der Waals surface area contributed by atoms with Gasteiger partial charge in [0.2, 0.25) is 0 Å². The summed E-state index contributed by atoms with van der Waals surface area (Å²) in [5, 5.41) is 3.80. The number of aromatic nitrogens is 2. The zero-order valence-corrected chi connectivity index (χ0v) is 14.2. The maximum absolute atomic E-state index is 12.7. The van der Waals surface area contributed by atoms with Gasteiger partial charge in [0, 0.05) is 30.2 Å². The summed E-state index contributed by atoms with van der Waals surface area (Å²) < 4.78 is 38.2. The van der Waals surface area contributed by atoms with E-state index in [-0.39, 0.29) is 11.9 Å². The molecule has 3 rings (SSSR count). The van der Waals surface area contributed by atoms with Crippen molar-refractivity contribution in [1.29, 1.82) is 0 Å². The van der Waals surface area contributed by atoms with Crippen LogP contribution in [-0.4, -0.2) is 34.0 Å². The highest BCUT2D eigenvalue weighted by Gasteiger charge is 2.33. The van der Waals surface area contributed by atoms with Crippen molar-refractivity contribution in [3.63, 3.8) is 0 Å². The van der Waals surface area contributed by atoms with E-state index in [1.54, 1.807) is 0 Å². The number of nitrogens with zero attached hydrogens (tertiary/aromatic N) is 3. The Labute approximate surface area is 149 Å². The maximum atomic E-state index is 12.7. The van der Waals surface area contributed by atoms with Crippen LogP contribution in [0.25, 0.3) is 0 Å². The molecule has 1 aliphatic heterocycles. The van der Waals surface area contributed by atoms with Gasteiger partial charge in [0.25, 0.3) is 0 Å². The zero-order valence-electron chi connectivity index (χ0n) is 13.4. The SMILES string of the molecule is FC(F)(F)c1cc(NC2CCCN(Cc3ccc(Cl)cc3)C2)ncn1. The molecule has 25 heavy (non-hydrogen) atoms. The second-order valence-corrected chi connectivity index (χ2v) is 6.57. The van der Waals surface area contributed by atoms with Crippen molar-refractivity contribution in [2.75, 3.05) is 18.4 Å². The number of piperidine rings is 1. The molecule has 1 aliphatic rings. The summed E-state index contributed by atoms with van der Waals surface area (Å²) in [5.41, 5.74) is 0.227. The lowest BCUT2D eigenvalue weighted by atomic mass is 10.0. The van der Waals surface area contributed by atoms with Crippen LogP contribution in [0.1, 0.15) is 24.1 Å². The molecule has 0 saturated carbocycles. The lowest BCUT2D eigenvalue weighted by Crippen LogP contribution is -2.41. The van der Waals surface area contributed by atoms with E-state index in [9.17, 15) is 13.2 Å². The molecule has 8 heteroatoms. The maximum Gasteiger partial charge on any atom is 0.433 e. The summed E-state index contributed by atoms with van der Waals surface area (Å²) in [6.45, 7) is 2.49. The number of halogens is 4. The van der Waals surface area contributed by atoms with Crippen molar-refractivity contribution in [3.05, 3.63) is 52.9 Å². The Bertz CT molecular complexity index is 706. The van der Waals surface area contributed by atoms with Gasteiger partial charge in [-0.1, -0.05) is 23.7 Å². The Morgan fingerprint density at radius 3 is 2.68 bits per heavy atom. The number of anilines is 1. The number of hydrogen-bond donors (Lipinski definition) is 1. The summed E-state index contributed by atoms with van der Waals surface area (Å²) >= 11 is 5.90. The van der Waals surface area contributed by atoms with Crippen molar-refractivity contribution >= 4 is 17.4 Å². The molecule has 2 aromatic rings. The minimum Gasteiger partial charge on any atom is -0.366 e. The van der Waals surface area contributed by atoms with Crippen LogP contribution in [0.2, 0.25) is 5.02 Å². The third-order valence-electron chi connectivity index (χ3n) is 4.13. The Hall–Kier alpha value is -1.86. The van der Waals surface area contributed by atoms with Crippen LogP contribution < -0.4 is 5.32 Å². The molecule has 1 N–H and O–H groups in total. The number of alkyl halides is 3. The van der Waals surface area contributed by atoms with Crippen molar-refractivity contribution < 1.29 is 13.2 Å². The van der Waals surface area contributed by atoms with E-state index in [0.717, 1.165) is 50.4 Å². The molecule has 2 heterocycles. The average Bonchev–Trinajstić information content (AvgIpc) is 2.57. The van der Waals surface area contributed by atoms with Crippen LogP contribution in [0.3, 0.4) is 0 Å². The van der Waals surface area contributed by atoms with Crippen LogP contribution in [0.4, 0.5) is 19.0 Å². The van der Waals surface area contributed by atoms with Crippen molar-refractivity contribution in [2.24, 2.45) is 0 Å². The Balaban J connectivity index is 1.61. The van der Waals surface area contributed by atoms with E-state index in [4.69, 9.17) is 11.6 Å². The third-order valence-corrected chi connectivity index (χ3v) is 4.39. The molecule has 1 saturated heterocycles. The van der Waals surface area contributed by atoms with Gasteiger partial charge >= 0.3 is 6.18 Å². The van der Waals surface area contributed by atoms with Gasteiger partial charge in [-0.05, 0) is 37.1 Å². The molecule has 1 aromatic carbocycles. The van der Waals surface area contributed by atoms with Crippen LogP contribution in [-0.2, 0) is 12.7 Å². The first-order chi connectivity index (χ1) is 11.9. The van der Waals surface area contributed by atoms with Gasteiger partial charge in [-0.3, -0.25) is 4.90 Å². The smallest absolute Gasteiger partial charge is 0.366 e. The minimum atomic E-state index is -4.47. The summed E-state index contributed by atoms with van der Waals surface area (Å²) in [6.07, 6.45) is -1.66. The van der Waals surface area contributed by atoms with Gasteiger partial charge in [0.15, 0.2) is 0 Å². The number of benzene rings is 1. The van der Waals surface area contributed by atoms with Crippen LogP contribution in [0.15, 0.2) is 36.7 Å². The normalized spacial score (nSPS) is 19.0. The molecule has 0 aliphatic carbocycles. The van der Waals surface area contributed by atoms with Gasteiger partial charge in [0.05, 0.1) is 0 Å². The highest BCUT2D eigenvalue weighted by Crippen LogP contribution is 2.28. The topological polar surface area (TPSA) is 41.0 Å². The van der Waals surface area contributed by atoms with E-state index in [1.807, 2.05) is 24.3 Å². The number of likely N-dealkylation sites (tertiary alicyclic amines) is 1. The minimum absolute atomic E-state index is 0.0528. The molecule has 0 radical (unpaired) electrons. The van der Waals surface area contributed by atoms with Gasteiger partial charge in [-0.15, -0.1) is 0 Å². The molecule has 1 aromatic heterocycles. The number of rotatable bonds is 4. The van der Waals surface area contributed by atoms with Crippen molar-refractivity contribution in [2.45, 2.75) is 31.6 Å². The molecule has 0 spiro atoms. The largest absolute Gasteiger partial charge is 0.433 e. The molecular formula is C17H18ClF3N4. The van der Waals surface area contributed by atoms with Crippen LogP contribution in [0, 0.1) is 0 Å². The fourth-order valence-corrected chi connectivity index (χ4v) is 3.09. The van der Waals surface area contributed by atoms with Crippen LogP contribution in [0.5, 0.6) is 0 Å². The molecule has 1 atom stereocenters. The number of hydrogen-bond acceptors (Lipinski definition) is 4. The summed E-state index contributed by atoms with van der Waals surface area (Å²) in [6, 6.07) is 8.69. The predicted molar refractivity (Wildman–Crippen MR) is 90.4 cm³/mol. The number of nitrogens with one attached hydrogen (secondary N) is 1. The van der Waals surface area contributed by atoms with E-state index < -0.39 is 11.9 Å². The highest BCUT2D eigenvalue weighted by atomic mass is 35.5. The van der Waals surface area contributed by atoms with Gasteiger partial charge in [-0.25, -0.2) is 9.97 Å². The first-order valence-corrected chi connectivity index (χ1v) is 8.40. The van der Waals surface area contributed by atoms with Crippen LogP contribution >= 0.6 is 11.6 Å². The Kier molecular flexibility index (Phi) is 5.44. The fourth-order valence-electron chi connectivity index (χ4n) is 2.97. The molecule has 1 unspecified atom stereocenters.